The van der Waals surface area contributed by atoms with Gasteiger partial charge in [0.15, 0.2) is 11.5 Å². The van der Waals surface area contributed by atoms with Gasteiger partial charge < -0.3 is 25.1 Å². The summed E-state index contributed by atoms with van der Waals surface area (Å²) in [4.78, 5) is 21.6. The predicted octanol–water partition coefficient (Wildman–Crippen LogP) is 0.368. The molecule has 0 saturated heterocycles. The Kier molecular flexibility index (Phi) is 3.22. The summed E-state index contributed by atoms with van der Waals surface area (Å²) >= 11 is 0. The maximum absolute atomic E-state index is 11.1. The number of nitrogens with two attached hydrogens (primary N) is 1. The molecule has 1 aliphatic heterocycles. The van der Waals surface area contributed by atoms with Gasteiger partial charge in [0.25, 0.3) is 0 Å². The summed E-state index contributed by atoms with van der Waals surface area (Å²) < 4.78 is 15.4. The highest BCUT2D eigenvalue weighted by Crippen LogP contribution is 2.38. The van der Waals surface area contributed by atoms with E-state index in [1.807, 2.05) is 0 Å². The number of primary amides is 1. The van der Waals surface area contributed by atoms with Gasteiger partial charge in [-0.15, -0.1) is 0 Å². The third-order valence-corrected chi connectivity index (χ3v) is 2.31. The topological polar surface area (TPSA) is 108 Å². The number of carbonyl (C=O) groups excluding carboxylic acids is 1. The van der Waals surface area contributed by atoms with Gasteiger partial charge in [0, 0.05) is 12.1 Å². The normalized spacial score (nSPS) is 12.2. The van der Waals surface area contributed by atoms with Crippen LogP contribution >= 0.6 is 0 Å². The van der Waals surface area contributed by atoms with Crippen molar-refractivity contribution in [3.8, 4) is 17.2 Å². The summed E-state index contributed by atoms with van der Waals surface area (Å²) in [5.74, 6) is -0.785. The van der Waals surface area contributed by atoms with Crippen LogP contribution in [-0.4, -0.2) is 30.4 Å². The van der Waals surface area contributed by atoms with E-state index in [4.69, 9.17) is 25.1 Å². The fourth-order valence-corrected chi connectivity index (χ4v) is 1.47. The maximum atomic E-state index is 11.1. The first-order valence-corrected chi connectivity index (χ1v) is 5.16. The monoisotopic (exact) mass is 253 g/mol. The van der Waals surface area contributed by atoms with E-state index in [0.717, 1.165) is 0 Å². The Labute approximate surface area is 102 Å². The lowest BCUT2D eigenvalue weighted by Crippen LogP contribution is -2.15. The number of ether oxygens (including phenoxy) is 3. The number of carboxylic acid groups (broad SMARTS) is 1. The van der Waals surface area contributed by atoms with Crippen LogP contribution in [0.2, 0.25) is 0 Å². The summed E-state index contributed by atoms with van der Waals surface area (Å²) in [5, 5.41) is 9.04. The SMILES string of the molecule is NC(=O)CCOc1cc2c(cc1C(=O)O)OCO2. The van der Waals surface area contributed by atoms with E-state index in [9.17, 15) is 9.59 Å². The molecule has 0 saturated carbocycles. The lowest BCUT2D eigenvalue weighted by Gasteiger charge is -2.09. The smallest absolute Gasteiger partial charge is 0.339 e. The first-order chi connectivity index (χ1) is 8.58. The molecular formula is C11H11NO6. The van der Waals surface area contributed by atoms with Crippen molar-refractivity contribution in [1.29, 1.82) is 0 Å². The molecule has 1 heterocycles. The van der Waals surface area contributed by atoms with Crippen molar-refractivity contribution in [3.63, 3.8) is 0 Å². The van der Waals surface area contributed by atoms with E-state index < -0.39 is 11.9 Å². The largest absolute Gasteiger partial charge is 0.492 e. The molecule has 0 atom stereocenters. The van der Waals surface area contributed by atoms with E-state index in [-0.39, 0.29) is 31.1 Å². The highest BCUT2D eigenvalue weighted by molar-refractivity contribution is 5.92. The molecule has 0 radical (unpaired) electrons. The number of benzene rings is 1. The Morgan fingerprint density at radius 2 is 2.00 bits per heavy atom. The van der Waals surface area contributed by atoms with Crippen LogP contribution in [0.4, 0.5) is 0 Å². The third kappa shape index (κ3) is 2.45. The van der Waals surface area contributed by atoms with Gasteiger partial charge in [0.1, 0.15) is 11.3 Å². The fourth-order valence-electron chi connectivity index (χ4n) is 1.47. The predicted molar refractivity (Wildman–Crippen MR) is 58.8 cm³/mol. The van der Waals surface area contributed by atoms with Gasteiger partial charge in [-0.25, -0.2) is 4.79 Å². The van der Waals surface area contributed by atoms with Crippen LogP contribution in [0.5, 0.6) is 17.2 Å². The number of hydrogen-bond acceptors (Lipinski definition) is 5. The van der Waals surface area contributed by atoms with E-state index in [1.54, 1.807) is 0 Å². The zero-order valence-corrected chi connectivity index (χ0v) is 9.34. The molecule has 2 rings (SSSR count). The Hall–Kier alpha value is -2.44. The minimum atomic E-state index is -1.15. The molecule has 1 aromatic rings. The summed E-state index contributed by atoms with van der Waals surface area (Å²) in [7, 11) is 0. The van der Waals surface area contributed by atoms with Gasteiger partial charge in [-0.05, 0) is 0 Å². The van der Waals surface area contributed by atoms with E-state index in [0.29, 0.717) is 11.5 Å². The number of hydrogen-bond donors (Lipinski definition) is 2. The standard InChI is InChI=1S/C11H11NO6/c12-10(13)1-2-16-7-4-9-8(17-5-18-9)3-6(7)11(14)15/h3-4H,1-2,5H2,(H2,12,13)(H,14,15). The minimum Gasteiger partial charge on any atom is -0.492 e. The molecule has 7 nitrogen and oxygen atoms in total. The lowest BCUT2D eigenvalue weighted by atomic mass is 10.2. The number of aromatic carboxylic acids is 1. The van der Waals surface area contributed by atoms with Crippen LogP contribution < -0.4 is 19.9 Å². The molecule has 1 aromatic carbocycles. The van der Waals surface area contributed by atoms with Gasteiger partial charge >= 0.3 is 5.97 Å². The highest BCUT2D eigenvalue weighted by atomic mass is 16.7. The van der Waals surface area contributed by atoms with Crippen LogP contribution in [0.1, 0.15) is 16.8 Å². The molecule has 0 spiro atoms. The van der Waals surface area contributed by atoms with Crippen molar-refractivity contribution < 1.29 is 28.9 Å². The second kappa shape index (κ2) is 4.82. The molecule has 0 unspecified atom stereocenters. The quantitative estimate of drug-likeness (QED) is 0.784. The summed E-state index contributed by atoms with van der Waals surface area (Å²) in [6, 6.07) is 2.75. The van der Waals surface area contributed by atoms with E-state index in [1.165, 1.54) is 12.1 Å². The molecule has 0 fully saturated rings. The summed E-state index contributed by atoms with van der Waals surface area (Å²) in [6.45, 7) is 0.0500. The molecule has 96 valence electrons. The van der Waals surface area contributed by atoms with E-state index >= 15 is 0 Å². The maximum Gasteiger partial charge on any atom is 0.339 e. The van der Waals surface area contributed by atoms with Crippen molar-refractivity contribution in [1.82, 2.24) is 0 Å². The van der Waals surface area contributed by atoms with Crippen molar-refractivity contribution in [2.24, 2.45) is 5.73 Å². The third-order valence-electron chi connectivity index (χ3n) is 2.31. The number of fused-ring (bicyclic) bond motifs is 1. The van der Waals surface area contributed by atoms with Gasteiger partial charge in [-0.2, -0.15) is 0 Å². The molecule has 0 aromatic heterocycles. The molecule has 7 heteroatoms. The Bertz CT molecular complexity index is 499. The van der Waals surface area contributed by atoms with Crippen molar-refractivity contribution in [2.75, 3.05) is 13.4 Å². The van der Waals surface area contributed by atoms with Crippen LogP contribution in [0.15, 0.2) is 12.1 Å². The molecule has 0 bridgehead atoms. The first kappa shape index (κ1) is 12.0. The van der Waals surface area contributed by atoms with Gasteiger partial charge in [-0.1, -0.05) is 0 Å². The average Bonchev–Trinajstić information content (AvgIpc) is 2.74. The van der Waals surface area contributed by atoms with Gasteiger partial charge in [0.2, 0.25) is 12.7 Å². The Morgan fingerprint density at radius 1 is 1.33 bits per heavy atom. The zero-order valence-electron chi connectivity index (χ0n) is 9.34. The average molecular weight is 253 g/mol. The fraction of sp³-hybridized carbons (Fsp3) is 0.273. The van der Waals surface area contributed by atoms with Crippen molar-refractivity contribution in [2.45, 2.75) is 6.42 Å². The van der Waals surface area contributed by atoms with Crippen LogP contribution in [0.25, 0.3) is 0 Å². The Balaban J connectivity index is 2.21. The number of rotatable bonds is 5. The molecule has 0 aliphatic carbocycles. The second-order valence-electron chi connectivity index (χ2n) is 3.57. The van der Waals surface area contributed by atoms with Crippen molar-refractivity contribution in [3.05, 3.63) is 17.7 Å². The summed E-state index contributed by atoms with van der Waals surface area (Å²) in [6.07, 6.45) is 0.00744. The zero-order chi connectivity index (χ0) is 13.1. The second-order valence-corrected chi connectivity index (χ2v) is 3.57. The highest BCUT2D eigenvalue weighted by Gasteiger charge is 2.21. The minimum absolute atomic E-state index is 0.00744. The molecule has 3 N–H and O–H groups in total. The van der Waals surface area contributed by atoms with E-state index in [2.05, 4.69) is 0 Å². The Morgan fingerprint density at radius 3 is 2.61 bits per heavy atom. The van der Waals surface area contributed by atoms with Crippen molar-refractivity contribution >= 4 is 11.9 Å². The molecule has 18 heavy (non-hydrogen) atoms. The number of carbonyl (C=O) groups is 2. The number of carboxylic acids is 1. The van der Waals surface area contributed by atoms with Gasteiger partial charge in [0.05, 0.1) is 13.0 Å². The van der Waals surface area contributed by atoms with Gasteiger partial charge in [-0.3, -0.25) is 4.79 Å². The van der Waals surface area contributed by atoms with Crippen LogP contribution in [-0.2, 0) is 4.79 Å². The van der Waals surface area contributed by atoms with Crippen LogP contribution in [0.3, 0.4) is 0 Å². The summed E-state index contributed by atoms with van der Waals surface area (Å²) in [5.41, 5.74) is 4.91. The molecule has 1 amide bonds. The van der Waals surface area contributed by atoms with Crippen LogP contribution in [0, 0.1) is 0 Å². The lowest BCUT2D eigenvalue weighted by molar-refractivity contribution is -0.118. The number of amides is 1. The first-order valence-electron chi connectivity index (χ1n) is 5.16. The molecule has 1 aliphatic rings. The molecular weight excluding hydrogens is 242 g/mol.